The molecule has 0 spiro atoms. The first-order chi connectivity index (χ1) is 9.19. The summed E-state index contributed by atoms with van der Waals surface area (Å²) in [6.07, 6.45) is 1.71. The maximum absolute atomic E-state index is 5.83. The van der Waals surface area contributed by atoms with Crippen LogP contribution in [0.5, 0.6) is 11.6 Å². The number of nitrogens with zero attached hydrogens (tertiary/aromatic N) is 1. The number of hydrogen-bond acceptors (Lipinski definition) is 4. The lowest BCUT2D eigenvalue weighted by molar-refractivity contribution is 0.292. The lowest BCUT2D eigenvalue weighted by atomic mass is 10.1. The van der Waals surface area contributed by atoms with Gasteiger partial charge in [-0.05, 0) is 36.2 Å². The van der Waals surface area contributed by atoms with Crippen LogP contribution in [-0.2, 0) is 6.61 Å². The van der Waals surface area contributed by atoms with Crippen LogP contribution in [0.1, 0.15) is 24.1 Å². The Balaban J connectivity index is 2.03. The average molecular weight is 258 g/mol. The van der Waals surface area contributed by atoms with Crippen molar-refractivity contribution < 1.29 is 9.47 Å². The van der Waals surface area contributed by atoms with E-state index in [9.17, 15) is 0 Å². The second-order valence-corrected chi connectivity index (χ2v) is 4.36. The predicted octanol–water partition coefficient (Wildman–Crippen LogP) is 2.69. The van der Waals surface area contributed by atoms with Gasteiger partial charge in [0.15, 0.2) is 0 Å². The monoisotopic (exact) mass is 258 g/mol. The molecule has 0 aliphatic rings. The van der Waals surface area contributed by atoms with Gasteiger partial charge in [0.2, 0.25) is 5.88 Å². The first-order valence-electron chi connectivity index (χ1n) is 6.16. The number of rotatable bonds is 5. The van der Waals surface area contributed by atoms with E-state index < -0.39 is 0 Å². The Morgan fingerprint density at radius 1 is 1.26 bits per heavy atom. The van der Waals surface area contributed by atoms with Crippen molar-refractivity contribution in [2.24, 2.45) is 5.73 Å². The molecule has 0 fully saturated rings. The minimum absolute atomic E-state index is 0.0258. The summed E-state index contributed by atoms with van der Waals surface area (Å²) < 4.78 is 10.8. The molecule has 100 valence electrons. The Bertz CT molecular complexity index is 541. The van der Waals surface area contributed by atoms with Crippen LogP contribution in [0.3, 0.4) is 0 Å². The van der Waals surface area contributed by atoms with Crippen LogP contribution in [0.15, 0.2) is 42.6 Å². The van der Waals surface area contributed by atoms with Crippen LogP contribution in [-0.4, -0.2) is 12.1 Å². The molecule has 0 aliphatic heterocycles. The van der Waals surface area contributed by atoms with Gasteiger partial charge in [0.05, 0.1) is 7.11 Å². The van der Waals surface area contributed by atoms with E-state index in [-0.39, 0.29) is 6.04 Å². The summed E-state index contributed by atoms with van der Waals surface area (Å²) in [5.41, 5.74) is 7.87. The van der Waals surface area contributed by atoms with Gasteiger partial charge in [0.1, 0.15) is 12.4 Å². The van der Waals surface area contributed by atoms with E-state index in [0.29, 0.717) is 12.5 Å². The summed E-state index contributed by atoms with van der Waals surface area (Å²) in [5, 5.41) is 0. The standard InChI is InChI=1S/C15H18N2O2/c1-11(16)13-6-7-17-15(9-13)19-10-12-4-3-5-14(8-12)18-2/h3-9,11H,10,16H2,1-2H3/t11-/m0/s1. The van der Waals surface area contributed by atoms with E-state index in [1.54, 1.807) is 13.3 Å². The highest BCUT2D eigenvalue weighted by Crippen LogP contribution is 2.17. The molecule has 0 unspecified atom stereocenters. The summed E-state index contributed by atoms with van der Waals surface area (Å²) in [6, 6.07) is 11.5. The third-order valence-electron chi connectivity index (χ3n) is 2.81. The predicted molar refractivity (Wildman–Crippen MR) is 74.2 cm³/mol. The fourth-order valence-electron chi connectivity index (χ4n) is 1.71. The van der Waals surface area contributed by atoms with Crippen molar-refractivity contribution in [2.75, 3.05) is 7.11 Å². The number of hydrogen-bond donors (Lipinski definition) is 1. The third kappa shape index (κ3) is 3.69. The highest BCUT2D eigenvalue weighted by Gasteiger charge is 2.03. The molecular weight excluding hydrogens is 240 g/mol. The van der Waals surface area contributed by atoms with E-state index >= 15 is 0 Å². The summed E-state index contributed by atoms with van der Waals surface area (Å²) >= 11 is 0. The van der Waals surface area contributed by atoms with Gasteiger partial charge in [-0.2, -0.15) is 0 Å². The van der Waals surface area contributed by atoms with Crippen LogP contribution in [0.4, 0.5) is 0 Å². The zero-order valence-electron chi connectivity index (χ0n) is 11.2. The zero-order chi connectivity index (χ0) is 13.7. The molecule has 0 bridgehead atoms. The summed E-state index contributed by atoms with van der Waals surface area (Å²) in [7, 11) is 1.65. The second kappa shape index (κ2) is 6.20. The molecule has 19 heavy (non-hydrogen) atoms. The van der Waals surface area contributed by atoms with E-state index in [2.05, 4.69) is 4.98 Å². The van der Waals surface area contributed by atoms with E-state index in [0.717, 1.165) is 16.9 Å². The third-order valence-corrected chi connectivity index (χ3v) is 2.81. The Morgan fingerprint density at radius 2 is 2.11 bits per heavy atom. The van der Waals surface area contributed by atoms with Gasteiger partial charge in [0, 0.05) is 18.3 Å². The molecule has 1 aromatic carbocycles. The molecule has 2 rings (SSSR count). The first-order valence-corrected chi connectivity index (χ1v) is 6.16. The minimum Gasteiger partial charge on any atom is -0.497 e. The number of benzene rings is 1. The van der Waals surface area contributed by atoms with Crippen LogP contribution in [0, 0.1) is 0 Å². The lowest BCUT2D eigenvalue weighted by Gasteiger charge is -2.09. The topological polar surface area (TPSA) is 57.4 Å². The van der Waals surface area contributed by atoms with Crippen molar-refractivity contribution in [1.82, 2.24) is 4.98 Å². The summed E-state index contributed by atoms with van der Waals surface area (Å²) in [6.45, 7) is 2.38. The van der Waals surface area contributed by atoms with Crippen molar-refractivity contribution in [3.63, 3.8) is 0 Å². The van der Waals surface area contributed by atoms with Gasteiger partial charge >= 0.3 is 0 Å². The molecule has 0 radical (unpaired) electrons. The van der Waals surface area contributed by atoms with Crippen molar-refractivity contribution >= 4 is 0 Å². The van der Waals surface area contributed by atoms with Crippen LogP contribution in [0.25, 0.3) is 0 Å². The molecule has 1 aromatic heterocycles. The van der Waals surface area contributed by atoms with Crippen molar-refractivity contribution in [1.29, 1.82) is 0 Å². The molecule has 4 nitrogen and oxygen atoms in total. The molecule has 2 aromatic rings. The molecule has 4 heteroatoms. The van der Waals surface area contributed by atoms with E-state index in [1.807, 2.05) is 43.3 Å². The van der Waals surface area contributed by atoms with Gasteiger partial charge in [-0.3, -0.25) is 0 Å². The van der Waals surface area contributed by atoms with Crippen LogP contribution in [0.2, 0.25) is 0 Å². The van der Waals surface area contributed by atoms with Crippen molar-refractivity contribution in [3.05, 3.63) is 53.7 Å². The highest BCUT2D eigenvalue weighted by atomic mass is 16.5. The fourth-order valence-corrected chi connectivity index (χ4v) is 1.71. The average Bonchev–Trinajstić information content (AvgIpc) is 2.45. The van der Waals surface area contributed by atoms with Gasteiger partial charge in [0.25, 0.3) is 0 Å². The maximum atomic E-state index is 5.83. The smallest absolute Gasteiger partial charge is 0.213 e. The Hall–Kier alpha value is -2.07. The summed E-state index contributed by atoms with van der Waals surface area (Å²) in [4.78, 5) is 4.17. The van der Waals surface area contributed by atoms with Crippen molar-refractivity contribution in [2.45, 2.75) is 19.6 Å². The minimum atomic E-state index is -0.0258. The number of pyridine rings is 1. The Labute approximate surface area is 113 Å². The highest BCUT2D eigenvalue weighted by molar-refractivity contribution is 5.28. The Kier molecular flexibility index (Phi) is 4.36. The largest absolute Gasteiger partial charge is 0.497 e. The molecule has 0 saturated heterocycles. The van der Waals surface area contributed by atoms with Gasteiger partial charge in [-0.15, -0.1) is 0 Å². The lowest BCUT2D eigenvalue weighted by Crippen LogP contribution is -2.06. The Morgan fingerprint density at radius 3 is 2.84 bits per heavy atom. The molecule has 0 aliphatic carbocycles. The van der Waals surface area contributed by atoms with Crippen LogP contribution >= 0.6 is 0 Å². The van der Waals surface area contributed by atoms with Gasteiger partial charge in [-0.25, -0.2) is 4.98 Å². The number of aromatic nitrogens is 1. The molecule has 2 N–H and O–H groups in total. The number of ether oxygens (including phenoxy) is 2. The second-order valence-electron chi connectivity index (χ2n) is 4.36. The normalized spacial score (nSPS) is 11.9. The molecule has 1 atom stereocenters. The molecule has 0 amide bonds. The quantitative estimate of drug-likeness (QED) is 0.895. The summed E-state index contributed by atoms with van der Waals surface area (Å²) in [5.74, 6) is 1.40. The van der Waals surface area contributed by atoms with E-state index in [4.69, 9.17) is 15.2 Å². The molecule has 0 saturated carbocycles. The SMILES string of the molecule is COc1cccc(COc2cc([C@H](C)N)ccn2)c1. The number of nitrogens with two attached hydrogens (primary N) is 1. The van der Waals surface area contributed by atoms with Crippen molar-refractivity contribution in [3.8, 4) is 11.6 Å². The fraction of sp³-hybridized carbons (Fsp3) is 0.267. The molecular formula is C15H18N2O2. The van der Waals surface area contributed by atoms with Crippen LogP contribution < -0.4 is 15.2 Å². The molecule has 1 heterocycles. The van der Waals surface area contributed by atoms with Gasteiger partial charge in [-0.1, -0.05) is 12.1 Å². The maximum Gasteiger partial charge on any atom is 0.213 e. The number of methoxy groups -OCH3 is 1. The first kappa shape index (κ1) is 13.4. The van der Waals surface area contributed by atoms with Gasteiger partial charge < -0.3 is 15.2 Å². The zero-order valence-corrected chi connectivity index (χ0v) is 11.2. The van der Waals surface area contributed by atoms with E-state index in [1.165, 1.54) is 0 Å².